The zero-order valence-electron chi connectivity index (χ0n) is 13.0. The number of anilines is 1. The van der Waals surface area contributed by atoms with Crippen molar-refractivity contribution in [2.24, 2.45) is 0 Å². The quantitative estimate of drug-likeness (QED) is 0.772. The van der Waals surface area contributed by atoms with Gasteiger partial charge in [0.1, 0.15) is 0 Å². The second-order valence-electron chi connectivity index (χ2n) is 5.04. The molecular formula is C17H17ClN2O3S. The number of carbonyl (C=O) groups excluding carboxylic acids is 1. The van der Waals surface area contributed by atoms with Gasteiger partial charge in [-0.2, -0.15) is 0 Å². The maximum atomic E-state index is 12.5. The SMILES string of the molecule is C=CCNC(=O)c1ccc(S(=O)(=O)Nc2cccc(Cl)c2C)cc1. The van der Waals surface area contributed by atoms with Crippen LogP contribution >= 0.6 is 11.6 Å². The number of hydrogen-bond donors (Lipinski definition) is 2. The fourth-order valence-corrected chi connectivity index (χ4v) is 3.27. The van der Waals surface area contributed by atoms with Gasteiger partial charge in [-0.15, -0.1) is 6.58 Å². The number of rotatable bonds is 6. The molecule has 126 valence electrons. The molecule has 2 rings (SSSR count). The van der Waals surface area contributed by atoms with Crippen molar-refractivity contribution in [3.8, 4) is 0 Å². The summed E-state index contributed by atoms with van der Waals surface area (Å²) in [7, 11) is -3.77. The van der Waals surface area contributed by atoms with Gasteiger partial charge in [0.25, 0.3) is 15.9 Å². The molecule has 0 aliphatic rings. The second-order valence-corrected chi connectivity index (χ2v) is 7.13. The highest BCUT2D eigenvalue weighted by molar-refractivity contribution is 7.92. The summed E-state index contributed by atoms with van der Waals surface area (Å²) in [4.78, 5) is 11.9. The van der Waals surface area contributed by atoms with E-state index >= 15 is 0 Å². The fourth-order valence-electron chi connectivity index (χ4n) is 1.97. The Labute approximate surface area is 146 Å². The maximum absolute atomic E-state index is 12.5. The molecule has 0 radical (unpaired) electrons. The Morgan fingerprint density at radius 2 is 1.88 bits per heavy atom. The van der Waals surface area contributed by atoms with Gasteiger partial charge in [-0.05, 0) is 48.9 Å². The zero-order chi connectivity index (χ0) is 17.7. The molecule has 0 aromatic heterocycles. The summed E-state index contributed by atoms with van der Waals surface area (Å²) in [5, 5.41) is 3.10. The van der Waals surface area contributed by atoms with Gasteiger partial charge in [0.2, 0.25) is 0 Å². The van der Waals surface area contributed by atoms with Gasteiger partial charge in [0.05, 0.1) is 10.6 Å². The van der Waals surface area contributed by atoms with E-state index in [1.54, 1.807) is 31.2 Å². The molecule has 0 aliphatic heterocycles. The van der Waals surface area contributed by atoms with Crippen molar-refractivity contribution in [1.29, 1.82) is 0 Å². The molecule has 0 aliphatic carbocycles. The third kappa shape index (κ3) is 4.15. The van der Waals surface area contributed by atoms with Crippen LogP contribution in [0.1, 0.15) is 15.9 Å². The van der Waals surface area contributed by atoms with E-state index in [1.165, 1.54) is 24.3 Å². The summed E-state index contributed by atoms with van der Waals surface area (Å²) in [6, 6.07) is 10.7. The molecule has 0 unspecified atom stereocenters. The van der Waals surface area contributed by atoms with Crippen molar-refractivity contribution in [2.75, 3.05) is 11.3 Å². The standard InChI is InChI=1S/C17H17ClN2O3S/c1-3-11-19-17(21)13-7-9-14(10-8-13)24(22,23)20-16-6-4-5-15(18)12(16)2/h3-10,20H,1,11H2,2H3,(H,19,21). The number of hydrogen-bond acceptors (Lipinski definition) is 3. The minimum atomic E-state index is -3.77. The molecule has 0 bridgehead atoms. The molecule has 0 fully saturated rings. The third-order valence-electron chi connectivity index (χ3n) is 3.35. The molecule has 2 N–H and O–H groups in total. The van der Waals surface area contributed by atoms with Crippen LogP contribution in [-0.4, -0.2) is 20.9 Å². The van der Waals surface area contributed by atoms with Crippen LogP contribution in [0.4, 0.5) is 5.69 Å². The van der Waals surface area contributed by atoms with Gasteiger partial charge in [-0.3, -0.25) is 9.52 Å². The number of halogens is 1. The van der Waals surface area contributed by atoms with Crippen molar-refractivity contribution in [1.82, 2.24) is 5.32 Å². The Kier molecular flexibility index (Phi) is 5.64. The Morgan fingerprint density at radius 3 is 2.50 bits per heavy atom. The van der Waals surface area contributed by atoms with Gasteiger partial charge in [-0.1, -0.05) is 23.7 Å². The van der Waals surface area contributed by atoms with Crippen molar-refractivity contribution in [3.63, 3.8) is 0 Å². The van der Waals surface area contributed by atoms with Crippen molar-refractivity contribution < 1.29 is 13.2 Å². The van der Waals surface area contributed by atoms with E-state index < -0.39 is 10.0 Å². The second kappa shape index (κ2) is 7.51. The van der Waals surface area contributed by atoms with Crippen LogP contribution in [-0.2, 0) is 10.0 Å². The third-order valence-corrected chi connectivity index (χ3v) is 5.14. The smallest absolute Gasteiger partial charge is 0.261 e. The van der Waals surface area contributed by atoms with Crippen molar-refractivity contribution in [2.45, 2.75) is 11.8 Å². The van der Waals surface area contributed by atoms with E-state index in [-0.39, 0.29) is 10.8 Å². The number of nitrogens with one attached hydrogen (secondary N) is 2. The molecule has 0 atom stereocenters. The molecule has 1 amide bonds. The molecule has 24 heavy (non-hydrogen) atoms. The fraction of sp³-hybridized carbons (Fsp3) is 0.118. The van der Waals surface area contributed by atoms with Crippen LogP contribution in [0.5, 0.6) is 0 Å². The van der Waals surface area contributed by atoms with Crippen LogP contribution in [0.2, 0.25) is 5.02 Å². The molecule has 0 heterocycles. The lowest BCUT2D eigenvalue weighted by Crippen LogP contribution is -2.23. The zero-order valence-corrected chi connectivity index (χ0v) is 14.6. The molecule has 2 aromatic carbocycles. The van der Waals surface area contributed by atoms with Crippen LogP contribution in [0, 0.1) is 6.92 Å². The molecule has 0 spiro atoms. The number of amides is 1. The number of benzene rings is 2. The average Bonchev–Trinajstić information content (AvgIpc) is 2.57. The Bertz CT molecular complexity index is 862. The van der Waals surface area contributed by atoms with Gasteiger partial charge in [-0.25, -0.2) is 8.42 Å². The first kappa shape index (κ1) is 18.0. The first-order valence-electron chi connectivity index (χ1n) is 7.12. The Hall–Kier alpha value is -2.31. The van der Waals surface area contributed by atoms with E-state index in [4.69, 9.17) is 11.6 Å². The molecule has 0 saturated carbocycles. The molecular weight excluding hydrogens is 348 g/mol. The van der Waals surface area contributed by atoms with Crippen LogP contribution < -0.4 is 10.0 Å². The topological polar surface area (TPSA) is 75.3 Å². The summed E-state index contributed by atoms with van der Waals surface area (Å²) in [6.45, 7) is 5.59. The molecule has 2 aromatic rings. The normalized spacial score (nSPS) is 10.9. The van der Waals surface area contributed by atoms with Crippen molar-refractivity contribution >= 4 is 33.2 Å². The highest BCUT2D eigenvalue weighted by atomic mass is 35.5. The van der Waals surface area contributed by atoms with E-state index in [2.05, 4.69) is 16.6 Å². The highest BCUT2D eigenvalue weighted by Crippen LogP contribution is 2.25. The summed E-state index contributed by atoms with van der Waals surface area (Å²) in [5.41, 5.74) is 1.42. The van der Waals surface area contributed by atoms with Crippen LogP contribution in [0.25, 0.3) is 0 Å². The van der Waals surface area contributed by atoms with E-state index in [9.17, 15) is 13.2 Å². The number of sulfonamides is 1. The van der Waals surface area contributed by atoms with Gasteiger partial charge in [0.15, 0.2) is 0 Å². The largest absolute Gasteiger partial charge is 0.349 e. The minimum absolute atomic E-state index is 0.0575. The molecule has 5 nitrogen and oxygen atoms in total. The Balaban J connectivity index is 2.22. The lowest BCUT2D eigenvalue weighted by atomic mass is 10.2. The lowest BCUT2D eigenvalue weighted by molar-refractivity contribution is 0.0958. The first-order chi connectivity index (χ1) is 11.3. The molecule has 7 heteroatoms. The monoisotopic (exact) mass is 364 g/mol. The van der Waals surface area contributed by atoms with Crippen molar-refractivity contribution in [3.05, 3.63) is 71.3 Å². The lowest BCUT2D eigenvalue weighted by Gasteiger charge is -2.12. The predicted octanol–water partition coefficient (Wildman–Crippen LogP) is 3.37. The minimum Gasteiger partial charge on any atom is -0.349 e. The summed E-state index contributed by atoms with van der Waals surface area (Å²) in [5.74, 6) is -0.294. The summed E-state index contributed by atoms with van der Waals surface area (Å²) < 4.78 is 27.4. The summed E-state index contributed by atoms with van der Waals surface area (Å²) >= 11 is 6.00. The average molecular weight is 365 g/mol. The van der Waals surface area contributed by atoms with Crippen LogP contribution in [0.15, 0.2) is 60.0 Å². The Morgan fingerprint density at radius 1 is 1.21 bits per heavy atom. The van der Waals surface area contributed by atoms with E-state index in [1.807, 2.05) is 0 Å². The molecule has 0 saturated heterocycles. The maximum Gasteiger partial charge on any atom is 0.261 e. The van der Waals surface area contributed by atoms with Gasteiger partial charge < -0.3 is 5.32 Å². The summed E-state index contributed by atoms with van der Waals surface area (Å²) in [6.07, 6.45) is 1.56. The van der Waals surface area contributed by atoms with Crippen LogP contribution in [0.3, 0.4) is 0 Å². The highest BCUT2D eigenvalue weighted by Gasteiger charge is 2.16. The van der Waals surface area contributed by atoms with E-state index in [0.29, 0.717) is 28.4 Å². The van der Waals surface area contributed by atoms with Gasteiger partial charge in [0, 0.05) is 17.1 Å². The first-order valence-corrected chi connectivity index (χ1v) is 8.98. The van der Waals surface area contributed by atoms with E-state index in [0.717, 1.165) is 0 Å². The number of carbonyl (C=O) groups is 1. The predicted molar refractivity (Wildman–Crippen MR) is 96.0 cm³/mol. The van der Waals surface area contributed by atoms with Gasteiger partial charge >= 0.3 is 0 Å².